The van der Waals surface area contributed by atoms with Crippen molar-refractivity contribution in [3.05, 3.63) is 0 Å². The van der Waals surface area contributed by atoms with Crippen molar-refractivity contribution in [1.82, 2.24) is 4.90 Å². The van der Waals surface area contributed by atoms with Crippen molar-refractivity contribution in [3.63, 3.8) is 0 Å². The molecule has 0 saturated carbocycles. The lowest BCUT2D eigenvalue weighted by atomic mass is 9.93. The van der Waals surface area contributed by atoms with Gasteiger partial charge in [-0.1, -0.05) is 29.5 Å². The Morgan fingerprint density at radius 3 is 2.17 bits per heavy atom. The Kier molecular flexibility index (Phi) is 7.60. The Morgan fingerprint density at radius 2 is 1.78 bits per heavy atom. The lowest BCUT2D eigenvalue weighted by Gasteiger charge is -2.42. The summed E-state index contributed by atoms with van der Waals surface area (Å²) in [6.07, 6.45) is 2.34. The first-order valence-corrected chi connectivity index (χ1v) is 9.84. The number of alkyl halides is 1. The molecule has 23 heavy (non-hydrogen) atoms. The molecule has 0 aromatic carbocycles. The zero-order valence-corrected chi connectivity index (χ0v) is 17.6. The van der Waals surface area contributed by atoms with E-state index in [9.17, 15) is 4.79 Å². The van der Waals surface area contributed by atoms with Crippen molar-refractivity contribution in [2.24, 2.45) is 0 Å². The summed E-state index contributed by atoms with van der Waals surface area (Å²) in [5.74, 6) is 0. The molecule has 0 radical (unpaired) electrons. The Hall–Kier alpha value is -0.0800. The number of ether oxygens (including phenoxy) is 3. The second kappa shape index (κ2) is 8.34. The smallest absolute Gasteiger partial charge is 0.410 e. The van der Waals surface area contributed by atoms with E-state index < -0.39 is 5.60 Å². The maximum absolute atomic E-state index is 12.2. The van der Waals surface area contributed by atoms with Crippen LogP contribution in [-0.2, 0) is 14.2 Å². The molecule has 0 spiro atoms. The molecule has 1 unspecified atom stereocenters. The van der Waals surface area contributed by atoms with Crippen molar-refractivity contribution >= 4 is 28.7 Å². The van der Waals surface area contributed by atoms with E-state index in [-0.39, 0.29) is 17.3 Å². The SMILES string of the molecule is CCC(C)(COC1(CI)CCN(C(=O)OC(C)(C)C)CC1)OC. The number of piperidine rings is 1. The van der Waals surface area contributed by atoms with Crippen LogP contribution >= 0.6 is 22.6 Å². The normalized spacial score (nSPS) is 20.9. The summed E-state index contributed by atoms with van der Waals surface area (Å²) in [6, 6.07) is 0. The van der Waals surface area contributed by atoms with Gasteiger partial charge in [0, 0.05) is 24.6 Å². The van der Waals surface area contributed by atoms with Crippen molar-refractivity contribution in [2.45, 2.75) is 70.7 Å². The highest BCUT2D eigenvalue weighted by molar-refractivity contribution is 14.1. The van der Waals surface area contributed by atoms with Crippen molar-refractivity contribution in [1.29, 1.82) is 0 Å². The number of nitrogens with zero attached hydrogens (tertiary/aromatic N) is 1. The number of hydrogen-bond donors (Lipinski definition) is 0. The molecule has 1 aliphatic heterocycles. The number of likely N-dealkylation sites (tertiary alicyclic amines) is 1. The molecule has 1 rings (SSSR count). The van der Waals surface area contributed by atoms with Gasteiger partial charge in [0.1, 0.15) is 5.60 Å². The maximum atomic E-state index is 12.2. The highest BCUT2D eigenvalue weighted by atomic mass is 127. The van der Waals surface area contributed by atoms with Crippen LogP contribution in [0.5, 0.6) is 0 Å². The van der Waals surface area contributed by atoms with E-state index in [1.54, 1.807) is 12.0 Å². The third-order valence-corrected chi connectivity index (χ3v) is 5.88. The molecule has 0 N–H and O–H groups in total. The quantitative estimate of drug-likeness (QED) is 0.462. The fourth-order valence-electron chi connectivity index (χ4n) is 2.35. The van der Waals surface area contributed by atoms with Gasteiger partial charge in [0.05, 0.1) is 17.8 Å². The molecule has 1 heterocycles. The van der Waals surface area contributed by atoms with E-state index in [4.69, 9.17) is 14.2 Å². The van der Waals surface area contributed by atoms with Gasteiger partial charge in [0.2, 0.25) is 0 Å². The van der Waals surface area contributed by atoms with Crippen molar-refractivity contribution in [2.75, 3.05) is 31.2 Å². The number of halogens is 1. The molecule has 5 nitrogen and oxygen atoms in total. The molecular formula is C17H32INO4. The zero-order chi connectivity index (χ0) is 17.7. The van der Waals surface area contributed by atoms with Gasteiger partial charge in [-0.05, 0) is 47.0 Å². The Labute approximate surface area is 154 Å². The second-order valence-electron chi connectivity index (χ2n) is 7.58. The third kappa shape index (κ3) is 6.38. The first-order chi connectivity index (χ1) is 10.6. The topological polar surface area (TPSA) is 48.0 Å². The van der Waals surface area contributed by atoms with Gasteiger partial charge in [0.15, 0.2) is 0 Å². The van der Waals surface area contributed by atoms with E-state index in [2.05, 4.69) is 36.4 Å². The summed E-state index contributed by atoms with van der Waals surface area (Å²) in [5.41, 5.74) is -0.873. The summed E-state index contributed by atoms with van der Waals surface area (Å²) in [6.45, 7) is 11.8. The predicted octanol–water partition coefficient (Wildman–Crippen LogP) is 4.02. The maximum Gasteiger partial charge on any atom is 0.410 e. The summed E-state index contributed by atoms with van der Waals surface area (Å²) >= 11 is 2.38. The van der Waals surface area contributed by atoms with E-state index in [1.165, 1.54) is 0 Å². The van der Waals surface area contributed by atoms with E-state index >= 15 is 0 Å². The van der Waals surface area contributed by atoms with Crippen LogP contribution in [0.1, 0.15) is 53.9 Å². The van der Waals surface area contributed by atoms with E-state index in [0.717, 1.165) is 23.7 Å². The van der Waals surface area contributed by atoms with Gasteiger partial charge in [-0.15, -0.1) is 0 Å². The monoisotopic (exact) mass is 441 g/mol. The first kappa shape index (κ1) is 21.0. The van der Waals surface area contributed by atoms with Gasteiger partial charge in [-0.2, -0.15) is 0 Å². The molecule has 1 saturated heterocycles. The lowest BCUT2D eigenvalue weighted by molar-refractivity contribution is -0.134. The van der Waals surface area contributed by atoms with Crippen molar-refractivity contribution < 1.29 is 19.0 Å². The van der Waals surface area contributed by atoms with Gasteiger partial charge in [0.25, 0.3) is 0 Å². The molecule has 1 aliphatic rings. The summed E-state index contributed by atoms with van der Waals surface area (Å²) in [7, 11) is 1.73. The van der Waals surface area contributed by atoms with Crippen LogP contribution in [0.4, 0.5) is 4.79 Å². The minimum Gasteiger partial charge on any atom is -0.444 e. The fraction of sp³-hybridized carbons (Fsp3) is 0.941. The second-order valence-corrected chi connectivity index (χ2v) is 8.34. The van der Waals surface area contributed by atoms with Crippen LogP contribution in [0, 0.1) is 0 Å². The lowest BCUT2D eigenvalue weighted by Crippen LogP contribution is -2.51. The zero-order valence-electron chi connectivity index (χ0n) is 15.4. The molecule has 1 fully saturated rings. The number of amides is 1. The Bertz CT molecular complexity index is 383. The van der Waals surface area contributed by atoms with E-state index in [1.807, 2.05) is 20.8 Å². The Balaban J connectivity index is 2.58. The molecule has 1 amide bonds. The molecule has 1 atom stereocenters. The highest BCUT2D eigenvalue weighted by Crippen LogP contribution is 2.31. The van der Waals surface area contributed by atoms with Crippen molar-refractivity contribution in [3.8, 4) is 0 Å². The standard InChI is InChI=1S/C17H32INO4/c1-7-16(5,21-6)13-22-17(12-18)8-10-19(11-9-17)14(20)23-15(2,3)4/h7-13H2,1-6H3. The molecule has 0 aliphatic carbocycles. The van der Waals surface area contributed by atoms with Gasteiger partial charge >= 0.3 is 6.09 Å². The molecule has 6 heteroatoms. The van der Waals surface area contributed by atoms with Crippen LogP contribution in [0.25, 0.3) is 0 Å². The van der Waals surface area contributed by atoms with Gasteiger partial charge in [-0.3, -0.25) is 0 Å². The molecular weight excluding hydrogens is 409 g/mol. The number of methoxy groups -OCH3 is 1. The number of rotatable bonds is 6. The molecule has 0 bridgehead atoms. The number of hydrogen-bond acceptors (Lipinski definition) is 4. The first-order valence-electron chi connectivity index (χ1n) is 8.32. The largest absolute Gasteiger partial charge is 0.444 e. The number of carbonyl (C=O) groups is 1. The summed E-state index contributed by atoms with van der Waals surface area (Å²) in [4.78, 5) is 14.0. The van der Waals surface area contributed by atoms with Crippen LogP contribution in [-0.4, -0.2) is 59.0 Å². The van der Waals surface area contributed by atoms with Gasteiger partial charge in [-0.25, -0.2) is 4.79 Å². The van der Waals surface area contributed by atoms with Crippen LogP contribution in [0.15, 0.2) is 0 Å². The summed E-state index contributed by atoms with van der Waals surface area (Å²) in [5, 5.41) is 0. The highest BCUT2D eigenvalue weighted by Gasteiger charge is 2.39. The number of carbonyl (C=O) groups excluding carboxylic acids is 1. The molecule has 0 aromatic heterocycles. The third-order valence-electron chi connectivity index (χ3n) is 4.49. The predicted molar refractivity (Wildman–Crippen MR) is 100 cm³/mol. The minimum atomic E-state index is -0.452. The van der Waals surface area contributed by atoms with Crippen LogP contribution in [0.3, 0.4) is 0 Å². The fourth-order valence-corrected chi connectivity index (χ4v) is 3.33. The molecule has 136 valence electrons. The minimum absolute atomic E-state index is 0.173. The van der Waals surface area contributed by atoms with E-state index in [0.29, 0.717) is 19.7 Å². The van der Waals surface area contributed by atoms with Crippen LogP contribution in [0.2, 0.25) is 0 Å². The average Bonchev–Trinajstić information content (AvgIpc) is 2.51. The average molecular weight is 441 g/mol. The Morgan fingerprint density at radius 1 is 1.22 bits per heavy atom. The van der Waals surface area contributed by atoms with Crippen LogP contribution < -0.4 is 0 Å². The molecule has 0 aromatic rings. The van der Waals surface area contributed by atoms with Gasteiger partial charge < -0.3 is 19.1 Å². The summed E-state index contributed by atoms with van der Waals surface area (Å²) < 4.78 is 18.2.